The fraction of sp³-hybridized carbons (Fsp3) is 0.150. The highest BCUT2D eigenvalue weighted by atomic mass is 32.2. The summed E-state index contributed by atoms with van der Waals surface area (Å²) in [5, 5.41) is 4.41. The molecule has 0 bridgehead atoms. The van der Waals surface area contributed by atoms with Crippen molar-refractivity contribution < 1.29 is 21.3 Å². The molecule has 0 spiro atoms. The lowest BCUT2D eigenvalue weighted by Crippen LogP contribution is -2.27. The molecular weight excluding hydrogens is 426 g/mol. The van der Waals surface area contributed by atoms with Gasteiger partial charge in [-0.3, -0.25) is 4.72 Å². The van der Waals surface area contributed by atoms with Crippen molar-refractivity contribution in [2.24, 2.45) is 5.10 Å². The first-order chi connectivity index (χ1) is 14.2. The number of hydrogen-bond donors (Lipinski definition) is 1. The summed E-state index contributed by atoms with van der Waals surface area (Å²) < 4.78 is 58.2. The number of furan rings is 1. The van der Waals surface area contributed by atoms with Crippen molar-refractivity contribution in [1.82, 2.24) is 4.41 Å². The summed E-state index contributed by atoms with van der Waals surface area (Å²) in [5.41, 5.74) is 1.66. The Hall–Kier alpha value is -3.11. The second-order valence-electron chi connectivity index (χ2n) is 6.82. The monoisotopic (exact) mass is 445 g/mol. The third-order valence-corrected chi connectivity index (χ3v) is 6.86. The summed E-state index contributed by atoms with van der Waals surface area (Å²) in [7, 11) is -7.28. The number of hydrogen-bond acceptors (Lipinski definition) is 6. The van der Waals surface area contributed by atoms with Crippen LogP contribution < -0.4 is 4.72 Å². The lowest BCUT2D eigenvalue weighted by molar-refractivity contribution is 0.320. The van der Waals surface area contributed by atoms with Gasteiger partial charge in [0.2, 0.25) is 10.0 Å². The molecule has 10 heteroatoms. The molecule has 0 radical (unpaired) electrons. The zero-order valence-corrected chi connectivity index (χ0v) is 17.6. The Morgan fingerprint density at radius 3 is 2.27 bits per heavy atom. The van der Waals surface area contributed by atoms with Crippen LogP contribution in [-0.4, -0.2) is 33.2 Å². The molecule has 2 aromatic carbocycles. The molecule has 0 saturated carbocycles. The molecule has 3 aromatic rings. The van der Waals surface area contributed by atoms with E-state index in [9.17, 15) is 16.8 Å². The van der Waals surface area contributed by atoms with Crippen LogP contribution in [0, 0.1) is 0 Å². The van der Waals surface area contributed by atoms with E-state index in [-0.39, 0.29) is 4.90 Å². The predicted molar refractivity (Wildman–Crippen MR) is 113 cm³/mol. The molecule has 0 aliphatic carbocycles. The highest BCUT2D eigenvalue weighted by Gasteiger charge is 2.39. The number of nitrogens with zero attached hydrogens (tertiary/aromatic N) is 2. The zero-order chi connectivity index (χ0) is 21.4. The Morgan fingerprint density at radius 2 is 1.67 bits per heavy atom. The van der Waals surface area contributed by atoms with E-state index in [1.54, 1.807) is 54.6 Å². The lowest BCUT2D eigenvalue weighted by Gasteiger charge is -2.21. The first kappa shape index (κ1) is 20.2. The molecule has 4 rings (SSSR count). The Morgan fingerprint density at radius 1 is 0.967 bits per heavy atom. The first-order valence-corrected chi connectivity index (χ1v) is 12.4. The van der Waals surface area contributed by atoms with Crippen LogP contribution in [0.2, 0.25) is 0 Å². The van der Waals surface area contributed by atoms with Crippen molar-refractivity contribution >= 4 is 31.4 Å². The van der Waals surface area contributed by atoms with E-state index < -0.39 is 26.1 Å². The van der Waals surface area contributed by atoms with E-state index in [0.29, 0.717) is 29.1 Å². The highest BCUT2D eigenvalue weighted by Crippen LogP contribution is 2.37. The van der Waals surface area contributed by atoms with Crippen LogP contribution in [0.3, 0.4) is 0 Å². The fourth-order valence-corrected chi connectivity index (χ4v) is 5.22. The van der Waals surface area contributed by atoms with Crippen LogP contribution in [0.5, 0.6) is 0 Å². The summed E-state index contributed by atoms with van der Waals surface area (Å²) in [4.78, 5) is 0.138. The lowest BCUT2D eigenvalue weighted by atomic mass is 10.0. The third-order valence-electron chi connectivity index (χ3n) is 4.55. The Labute approximate surface area is 174 Å². The van der Waals surface area contributed by atoms with Crippen molar-refractivity contribution in [3.8, 4) is 0 Å². The van der Waals surface area contributed by atoms with Gasteiger partial charge in [0.05, 0.1) is 23.1 Å². The summed E-state index contributed by atoms with van der Waals surface area (Å²) in [5.74, 6) is 0.489. The molecule has 1 aliphatic heterocycles. The van der Waals surface area contributed by atoms with Crippen LogP contribution in [0.1, 0.15) is 23.8 Å². The van der Waals surface area contributed by atoms with Gasteiger partial charge in [-0.25, -0.2) is 8.42 Å². The van der Waals surface area contributed by atoms with E-state index >= 15 is 0 Å². The van der Waals surface area contributed by atoms with Crippen LogP contribution in [-0.2, 0) is 20.0 Å². The van der Waals surface area contributed by atoms with E-state index in [0.717, 1.165) is 10.7 Å². The minimum Gasteiger partial charge on any atom is -0.467 e. The van der Waals surface area contributed by atoms with Crippen molar-refractivity contribution in [2.45, 2.75) is 17.4 Å². The average molecular weight is 446 g/mol. The zero-order valence-electron chi connectivity index (χ0n) is 16.0. The van der Waals surface area contributed by atoms with Crippen LogP contribution in [0.15, 0.2) is 87.4 Å². The summed E-state index contributed by atoms with van der Waals surface area (Å²) in [6.45, 7) is 0. The van der Waals surface area contributed by atoms with E-state index in [1.165, 1.54) is 18.4 Å². The normalized spacial score (nSPS) is 17.0. The Kier molecular flexibility index (Phi) is 5.12. The molecule has 1 aliphatic rings. The van der Waals surface area contributed by atoms with Gasteiger partial charge in [0.15, 0.2) is 0 Å². The maximum absolute atomic E-state index is 13.2. The van der Waals surface area contributed by atoms with Crippen LogP contribution in [0.25, 0.3) is 0 Å². The smallest absolute Gasteiger partial charge is 0.279 e. The highest BCUT2D eigenvalue weighted by molar-refractivity contribution is 7.92. The molecule has 0 fully saturated rings. The molecular formula is C20H19N3O5S2. The summed E-state index contributed by atoms with van der Waals surface area (Å²) in [6, 6.07) is 17.5. The minimum atomic E-state index is -3.89. The molecule has 0 amide bonds. The second kappa shape index (κ2) is 7.62. The molecule has 0 unspecified atom stereocenters. The number of benzene rings is 2. The van der Waals surface area contributed by atoms with E-state index in [4.69, 9.17) is 4.42 Å². The molecule has 1 aromatic heterocycles. The molecule has 2 heterocycles. The van der Waals surface area contributed by atoms with Crippen LogP contribution in [0.4, 0.5) is 5.69 Å². The maximum atomic E-state index is 13.2. The van der Waals surface area contributed by atoms with Crippen LogP contribution >= 0.6 is 0 Å². The van der Waals surface area contributed by atoms with Crippen molar-refractivity contribution in [2.75, 3.05) is 11.0 Å². The quantitative estimate of drug-likeness (QED) is 0.627. The first-order valence-electron chi connectivity index (χ1n) is 9.03. The van der Waals surface area contributed by atoms with Gasteiger partial charge < -0.3 is 4.42 Å². The van der Waals surface area contributed by atoms with Gasteiger partial charge in [-0.2, -0.15) is 17.9 Å². The molecule has 156 valence electrons. The number of nitrogens with one attached hydrogen (secondary N) is 1. The van der Waals surface area contributed by atoms with E-state index in [2.05, 4.69) is 9.82 Å². The van der Waals surface area contributed by atoms with Crippen molar-refractivity contribution in [1.29, 1.82) is 0 Å². The number of hydrazone groups is 1. The van der Waals surface area contributed by atoms with Gasteiger partial charge >= 0.3 is 0 Å². The topological polar surface area (TPSA) is 109 Å². The predicted octanol–water partition coefficient (Wildman–Crippen LogP) is 3.19. The third kappa shape index (κ3) is 4.10. The Bertz CT molecular complexity index is 1270. The summed E-state index contributed by atoms with van der Waals surface area (Å²) >= 11 is 0. The molecule has 8 nitrogen and oxygen atoms in total. The van der Waals surface area contributed by atoms with Gasteiger partial charge in [0.1, 0.15) is 11.8 Å². The van der Waals surface area contributed by atoms with Gasteiger partial charge in [0.25, 0.3) is 10.0 Å². The molecule has 1 atom stereocenters. The average Bonchev–Trinajstić information content (AvgIpc) is 3.38. The standard InChI is InChI=1S/C20H19N3O5S2/c1-29(24,25)22-16-11-9-15(10-12-16)18-14-19(20-8-5-13-28-20)23(21-18)30(26,27)17-6-3-2-4-7-17/h2-13,19,22H,14H2,1H3/t19-/m0/s1. The fourth-order valence-electron chi connectivity index (χ4n) is 3.22. The van der Waals surface area contributed by atoms with Crippen molar-refractivity contribution in [3.63, 3.8) is 0 Å². The maximum Gasteiger partial charge on any atom is 0.279 e. The summed E-state index contributed by atoms with van der Waals surface area (Å²) in [6.07, 6.45) is 2.88. The molecule has 0 saturated heterocycles. The van der Waals surface area contributed by atoms with Gasteiger partial charge in [-0.1, -0.05) is 30.3 Å². The van der Waals surface area contributed by atoms with Gasteiger partial charge in [0, 0.05) is 12.1 Å². The minimum absolute atomic E-state index is 0.138. The molecule has 30 heavy (non-hydrogen) atoms. The van der Waals surface area contributed by atoms with E-state index in [1.807, 2.05) is 0 Å². The molecule has 1 N–H and O–H groups in total. The van der Waals surface area contributed by atoms with Gasteiger partial charge in [-0.05, 0) is 42.0 Å². The number of sulfonamides is 2. The van der Waals surface area contributed by atoms with Crippen molar-refractivity contribution in [3.05, 3.63) is 84.3 Å². The Balaban J connectivity index is 1.71. The second-order valence-corrected chi connectivity index (χ2v) is 10.4. The SMILES string of the molecule is CS(=O)(=O)Nc1ccc(C2=NN(S(=O)(=O)c3ccccc3)[C@H](c3ccco3)C2)cc1. The largest absolute Gasteiger partial charge is 0.467 e. The van der Waals surface area contributed by atoms with Gasteiger partial charge in [-0.15, -0.1) is 0 Å². The number of rotatable bonds is 6. The number of anilines is 1.